The van der Waals surface area contributed by atoms with Gasteiger partial charge in [0.1, 0.15) is 0 Å². The lowest BCUT2D eigenvalue weighted by Gasteiger charge is -2.07. The highest BCUT2D eigenvalue weighted by molar-refractivity contribution is 6.31. The van der Waals surface area contributed by atoms with Crippen LogP contribution < -0.4 is 5.43 Å². The number of rotatable bonds is 6. The first-order chi connectivity index (χ1) is 13.0. The number of aromatic hydroxyl groups is 1. The van der Waals surface area contributed by atoms with Crippen LogP contribution in [0.3, 0.4) is 0 Å². The third-order valence-electron chi connectivity index (χ3n) is 4.19. The van der Waals surface area contributed by atoms with Crippen molar-refractivity contribution in [2.75, 3.05) is 6.61 Å². The van der Waals surface area contributed by atoms with Crippen LogP contribution >= 0.6 is 11.6 Å². The molecule has 140 valence electrons. The fraction of sp³-hybridized carbons (Fsp3) is 0.200. The number of hydrogen-bond donors (Lipinski definition) is 3. The van der Waals surface area contributed by atoms with Crippen molar-refractivity contribution in [1.29, 1.82) is 0 Å². The molecule has 0 atom stereocenters. The molecule has 0 aliphatic rings. The molecule has 1 heterocycles. The number of carbonyl (C=O) groups excluding carboxylic acids is 1. The summed E-state index contributed by atoms with van der Waals surface area (Å²) in [5.41, 5.74) is 4.98. The normalized spacial score (nSPS) is 11.7. The summed E-state index contributed by atoms with van der Waals surface area (Å²) >= 11 is 6.16. The van der Waals surface area contributed by atoms with Gasteiger partial charge in [0.25, 0.3) is 0 Å². The average molecular weight is 386 g/mol. The summed E-state index contributed by atoms with van der Waals surface area (Å²) in [5.74, 6) is -0.281. The first-order valence-corrected chi connectivity index (χ1v) is 8.93. The van der Waals surface area contributed by atoms with Crippen molar-refractivity contribution < 1.29 is 15.0 Å². The van der Waals surface area contributed by atoms with Gasteiger partial charge in [0.2, 0.25) is 11.8 Å². The number of fused-ring (bicyclic) bond motifs is 1. The molecular weight excluding hydrogens is 366 g/mol. The second-order valence-electron chi connectivity index (χ2n) is 6.09. The summed E-state index contributed by atoms with van der Waals surface area (Å²) in [5, 5.41) is 25.1. The number of nitrogens with zero attached hydrogens (tertiary/aromatic N) is 2. The summed E-state index contributed by atoms with van der Waals surface area (Å²) in [7, 11) is 0. The van der Waals surface area contributed by atoms with Crippen molar-refractivity contribution in [3.63, 3.8) is 0 Å². The number of hydrazone groups is 1. The predicted molar refractivity (Wildman–Crippen MR) is 107 cm³/mol. The molecule has 2 aromatic carbocycles. The van der Waals surface area contributed by atoms with E-state index in [0.29, 0.717) is 22.7 Å². The number of carbonyl (C=O) groups is 1. The number of aliphatic hydroxyl groups is 1. The number of hydrogen-bond acceptors (Lipinski definition) is 4. The van der Waals surface area contributed by atoms with Crippen LogP contribution in [0.25, 0.3) is 16.6 Å². The van der Waals surface area contributed by atoms with Gasteiger partial charge < -0.3 is 10.2 Å². The molecule has 0 spiro atoms. The average Bonchev–Trinajstić information content (AvgIpc) is 2.96. The molecule has 7 heteroatoms. The maximum atomic E-state index is 11.7. The number of amides is 1. The SMILES string of the molecule is C/C(=N\NC(=O)CCCO)c1c(O)n(-c2ccccc2)c2ccc(Cl)cc12. The molecule has 0 saturated carbocycles. The molecule has 3 rings (SSSR count). The Morgan fingerprint density at radius 1 is 1.22 bits per heavy atom. The fourth-order valence-corrected chi connectivity index (χ4v) is 3.11. The first kappa shape index (κ1) is 18.9. The summed E-state index contributed by atoms with van der Waals surface area (Å²) in [6.07, 6.45) is 0.547. The van der Waals surface area contributed by atoms with E-state index in [1.807, 2.05) is 36.4 Å². The van der Waals surface area contributed by atoms with Gasteiger partial charge in [-0.2, -0.15) is 5.10 Å². The van der Waals surface area contributed by atoms with Crippen LogP contribution in [-0.2, 0) is 4.79 Å². The van der Waals surface area contributed by atoms with Gasteiger partial charge in [-0.25, -0.2) is 5.43 Å². The van der Waals surface area contributed by atoms with E-state index < -0.39 is 0 Å². The molecule has 0 unspecified atom stereocenters. The Kier molecular flexibility index (Phi) is 5.78. The second-order valence-corrected chi connectivity index (χ2v) is 6.53. The highest BCUT2D eigenvalue weighted by Gasteiger charge is 2.20. The molecule has 0 aliphatic carbocycles. The van der Waals surface area contributed by atoms with Crippen LogP contribution in [0.4, 0.5) is 0 Å². The molecular formula is C20H20ClN3O3. The zero-order valence-corrected chi connectivity index (χ0v) is 15.6. The molecule has 0 radical (unpaired) electrons. The zero-order valence-electron chi connectivity index (χ0n) is 14.8. The van der Waals surface area contributed by atoms with Crippen LogP contribution in [0.2, 0.25) is 5.02 Å². The molecule has 0 fully saturated rings. The van der Waals surface area contributed by atoms with E-state index in [2.05, 4.69) is 10.5 Å². The van der Waals surface area contributed by atoms with Gasteiger partial charge in [-0.15, -0.1) is 0 Å². The Hall–Kier alpha value is -2.83. The molecule has 0 saturated heterocycles. The Bertz CT molecular complexity index is 997. The standard InChI is InChI=1S/C20H20ClN3O3/c1-13(22-23-18(26)8-5-11-25)19-16-12-14(21)9-10-17(16)24(20(19)27)15-6-3-2-4-7-15/h2-4,6-7,9-10,12,25,27H,5,8,11H2,1H3,(H,23,26)/b22-13+. The van der Waals surface area contributed by atoms with Gasteiger partial charge in [0.05, 0.1) is 16.8 Å². The minimum atomic E-state index is -0.298. The van der Waals surface area contributed by atoms with Crippen molar-refractivity contribution in [2.45, 2.75) is 19.8 Å². The minimum absolute atomic E-state index is 0.0179. The summed E-state index contributed by atoms with van der Waals surface area (Å²) in [6, 6.07) is 14.8. The van der Waals surface area contributed by atoms with E-state index in [0.717, 1.165) is 16.6 Å². The third-order valence-corrected chi connectivity index (χ3v) is 4.43. The Labute approximate surface area is 161 Å². The van der Waals surface area contributed by atoms with E-state index in [1.165, 1.54) is 0 Å². The highest BCUT2D eigenvalue weighted by Crippen LogP contribution is 2.36. The van der Waals surface area contributed by atoms with Gasteiger partial charge in [-0.1, -0.05) is 29.8 Å². The number of benzene rings is 2. The van der Waals surface area contributed by atoms with Crippen LogP contribution in [0.5, 0.6) is 5.88 Å². The maximum Gasteiger partial charge on any atom is 0.240 e. The largest absolute Gasteiger partial charge is 0.494 e. The molecule has 0 aliphatic heterocycles. The molecule has 6 nitrogen and oxygen atoms in total. The molecule has 27 heavy (non-hydrogen) atoms. The Morgan fingerprint density at radius 2 is 1.96 bits per heavy atom. The smallest absolute Gasteiger partial charge is 0.240 e. The monoisotopic (exact) mass is 385 g/mol. The number of halogens is 1. The van der Waals surface area contributed by atoms with Gasteiger partial charge in [-0.3, -0.25) is 9.36 Å². The number of aliphatic hydroxyl groups excluding tert-OH is 1. The van der Waals surface area contributed by atoms with Crippen LogP contribution in [-0.4, -0.2) is 33.0 Å². The first-order valence-electron chi connectivity index (χ1n) is 8.55. The van der Waals surface area contributed by atoms with Gasteiger partial charge >= 0.3 is 0 Å². The number of nitrogens with one attached hydrogen (secondary N) is 1. The molecule has 1 aromatic heterocycles. The van der Waals surface area contributed by atoms with E-state index in [1.54, 1.807) is 23.6 Å². The van der Waals surface area contributed by atoms with Gasteiger partial charge in [0.15, 0.2) is 0 Å². The number of aromatic nitrogens is 1. The van der Waals surface area contributed by atoms with Gasteiger partial charge in [-0.05, 0) is 43.7 Å². The lowest BCUT2D eigenvalue weighted by molar-refractivity contribution is -0.121. The van der Waals surface area contributed by atoms with E-state index >= 15 is 0 Å². The second kappa shape index (κ2) is 8.24. The van der Waals surface area contributed by atoms with Crippen LogP contribution in [0.1, 0.15) is 25.3 Å². The summed E-state index contributed by atoms with van der Waals surface area (Å²) < 4.78 is 1.72. The van der Waals surface area contributed by atoms with E-state index in [-0.39, 0.29) is 24.8 Å². The highest BCUT2D eigenvalue weighted by atomic mass is 35.5. The zero-order chi connectivity index (χ0) is 19.4. The molecule has 3 aromatic rings. The van der Waals surface area contributed by atoms with Crippen molar-refractivity contribution in [2.24, 2.45) is 5.10 Å². The van der Waals surface area contributed by atoms with E-state index in [4.69, 9.17) is 16.7 Å². The molecule has 0 bridgehead atoms. The lowest BCUT2D eigenvalue weighted by Crippen LogP contribution is -2.19. The molecule has 3 N–H and O–H groups in total. The maximum absolute atomic E-state index is 11.7. The minimum Gasteiger partial charge on any atom is -0.494 e. The number of para-hydroxylation sites is 1. The molecule has 1 amide bonds. The third kappa shape index (κ3) is 3.97. The van der Waals surface area contributed by atoms with Crippen molar-refractivity contribution in [1.82, 2.24) is 9.99 Å². The van der Waals surface area contributed by atoms with Crippen molar-refractivity contribution in [3.05, 3.63) is 59.1 Å². The van der Waals surface area contributed by atoms with Crippen molar-refractivity contribution in [3.8, 4) is 11.6 Å². The van der Waals surface area contributed by atoms with E-state index in [9.17, 15) is 9.90 Å². The predicted octanol–water partition coefficient (Wildman–Crippen LogP) is 3.60. The lowest BCUT2D eigenvalue weighted by atomic mass is 10.1. The Morgan fingerprint density at radius 3 is 2.67 bits per heavy atom. The van der Waals surface area contributed by atoms with Gasteiger partial charge in [0, 0.05) is 29.1 Å². The fourth-order valence-electron chi connectivity index (χ4n) is 2.94. The summed E-state index contributed by atoms with van der Waals surface area (Å²) in [6.45, 7) is 1.65. The topological polar surface area (TPSA) is 86.8 Å². The van der Waals surface area contributed by atoms with Crippen molar-refractivity contribution >= 4 is 34.1 Å². The van der Waals surface area contributed by atoms with Crippen LogP contribution in [0, 0.1) is 0 Å². The van der Waals surface area contributed by atoms with Crippen LogP contribution in [0.15, 0.2) is 53.6 Å². The quantitative estimate of drug-likeness (QED) is 0.447. The summed E-state index contributed by atoms with van der Waals surface area (Å²) in [4.78, 5) is 11.7. The Balaban J connectivity index is 2.09.